The number of carbonyl (C=O) groups is 1. The fraction of sp³-hybridized carbons (Fsp3) is 0.364. The highest BCUT2D eigenvalue weighted by molar-refractivity contribution is 6.33. The standard InChI is InChI=1S/C33H40ClNO4/c1-6-8-21-37-27-18-19-29(30(34)23-27)31(28(7-2)24-12-10-9-11-13-24)25-14-16-26(17-15-25)38-22-20-35-32(36)39-33(3,4)5/h9-19,23H,6-8,20-22H2,1-5H3,(H,35,36)/b31-28+. The van der Waals surface area contributed by atoms with E-state index in [0.717, 1.165) is 47.3 Å². The van der Waals surface area contributed by atoms with Gasteiger partial charge in [0.25, 0.3) is 0 Å². The first-order chi connectivity index (χ1) is 18.7. The first-order valence-corrected chi connectivity index (χ1v) is 14.0. The molecule has 3 rings (SSSR count). The van der Waals surface area contributed by atoms with Crippen LogP contribution in [0.4, 0.5) is 4.79 Å². The number of rotatable bonds is 12. The van der Waals surface area contributed by atoms with E-state index in [1.165, 1.54) is 5.57 Å². The third kappa shape index (κ3) is 9.36. The van der Waals surface area contributed by atoms with Gasteiger partial charge in [0, 0.05) is 5.56 Å². The molecule has 3 aromatic carbocycles. The van der Waals surface area contributed by atoms with E-state index < -0.39 is 11.7 Å². The van der Waals surface area contributed by atoms with E-state index in [1.54, 1.807) is 0 Å². The minimum atomic E-state index is -0.533. The molecule has 1 N–H and O–H groups in total. The van der Waals surface area contributed by atoms with Crippen LogP contribution < -0.4 is 14.8 Å². The van der Waals surface area contributed by atoms with E-state index in [0.29, 0.717) is 30.5 Å². The van der Waals surface area contributed by atoms with Crippen LogP contribution in [0.25, 0.3) is 11.1 Å². The van der Waals surface area contributed by atoms with Gasteiger partial charge in [-0.05, 0) is 86.2 Å². The Morgan fingerprint density at radius 1 is 0.846 bits per heavy atom. The van der Waals surface area contributed by atoms with Crippen LogP contribution in [0.2, 0.25) is 5.02 Å². The fourth-order valence-electron chi connectivity index (χ4n) is 4.13. The summed E-state index contributed by atoms with van der Waals surface area (Å²) in [6.07, 6.45) is 2.46. The van der Waals surface area contributed by atoms with Crippen LogP contribution in [0.1, 0.15) is 70.6 Å². The quantitative estimate of drug-likeness (QED) is 0.181. The third-order valence-corrected chi connectivity index (χ3v) is 6.25. The summed E-state index contributed by atoms with van der Waals surface area (Å²) >= 11 is 6.87. The van der Waals surface area contributed by atoms with E-state index in [1.807, 2.05) is 69.3 Å². The molecule has 208 valence electrons. The van der Waals surface area contributed by atoms with Crippen molar-refractivity contribution in [1.29, 1.82) is 0 Å². The van der Waals surface area contributed by atoms with Crippen LogP contribution in [0.3, 0.4) is 0 Å². The van der Waals surface area contributed by atoms with Gasteiger partial charge in [-0.3, -0.25) is 0 Å². The predicted molar refractivity (Wildman–Crippen MR) is 161 cm³/mol. The van der Waals surface area contributed by atoms with Crippen molar-refractivity contribution in [2.24, 2.45) is 0 Å². The Bertz CT molecular complexity index is 1230. The molecule has 39 heavy (non-hydrogen) atoms. The van der Waals surface area contributed by atoms with Crippen LogP contribution in [0.15, 0.2) is 72.8 Å². The zero-order chi connectivity index (χ0) is 28.3. The first-order valence-electron chi connectivity index (χ1n) is 13.6. The maximum absolute atomic E-state index is 11.8. The summed E-state index contributed by atoms with van der Waals surface area (Å²) < 4.78 is 17.0. The molecule has 6 heteroatoms. The number of nitrogens with one attached hydrogen (secondary N) is 1. The summed E-state index contributed by atoms with van der Waals surface area (Å²) in [5.74, 6) is 1.49. The predicted octanol–water partition coefficient (Wildman–Crippen LogP) is 8.79. The number of carbonyl (C=O) groups excluding carboxylic acids is 1. The van der Waals surface area contributed by atoms with Crippen molar-refractivity contribution in [3.8, 4) is 11.5 Å². The van der Waals surface area contributed by atoms with Crippen molar-refractivity contribution in [2.45, 2.75) is 59.5 Å². The normalized spacial score (nSPS) is 11.9. The van der Waals surface area contributed by atoms with Crippen LogP contribution in [0.5, 0.6) is 11.5 Å². The molecule has 0 aliphatic rings. The van der Waals surface area contributed by atoms with Gasteiger partial charge in [0.1, 0.15) is 23.7 Å². The molecule has 1 amide bonds. The lowest BCUT2D eigenvalue weighted by Crippen LogP contribution is -2.34. The summed E-state index contributed by atoms with van der Waals surface area (Å²) in [4.78, 5) is 11.8. The van der Waals surface area contributed by atoms with Gasteiger partial charge in [-0.15, -0.1) is 0 Å². The SMILES string of the molecule is CCCCOc1ccc(/C(=C(\CC)c2ccccc2)c2ccc(OCCNC(=O)OC(C)(C)C)cc2)c(Cl)c1. The first kappa shape index (κ1) is 30.1. The van der Waals surface area contributed by atoms with Gasteiger partial charge in [-0.2, -0.15) is 0 Å². The number of benzene rings is 3. The lowest BCUT2D eigenvalue weighted by atomic mass is 9.88. The second kappa shape index (κ2) is 14.6. The Hall–Kier alpha value is -3.44. The van der Waals surface area contributed by atoms with Crippen molar-refractivity contribution < 1.29 is 19.0 Å². The molecule has 0 saturated carbocycles. The smallest absolute Gasteiger partial charge is 0.407 e. The second-order valence-corrected chi connectivity index (χ2v) is 10.6. The highest BCUT2D eigenvalue weighted by Crippen LogP contribution is 2.39. The molecule has 0 aromatic heterocycles. The number of hydrogen-bond acceptors (Lipinski definition) is 4. The molecular weight excluding hydrogens is 510 g/mol. The molecule has 0 spiro atoms. The largest absolute Gasteiger partial charge is 0.494 e. The van der Waals surface area contributed by atoms with Gasteiger partial charge in [0.2, 0.25) is 0 Å². The van der Waals surface area contributed by atoms with Gasteiger partial charge in [-0.1, -0.05) is 74.3 Å². The van der Waals surface area contributed by atoms with Crippen molar-refractivity contribution in [3.05, 3.63) is 94.5 Å². The Morgan fingerprint density at radius 2 is 1.51 bits per heavy atom. The second-order valence-electron chi connectivity index (χ2n) is 10.2. The summed E-state index contributed by atoms with van der Waals surface area (Å²) in [5.41, 5.74) is 4.89. The topological polar surface area (TPSA) is 56.8 Å². The minimum absolute atomic E-state index is 0.330. The summed E-state index contributed by atoms with van der Waals surface area (Å²) in [5, 5.41) is 3.36. The van der Waals surface area contributed by atoms with Gasteiger partial charge < -0.3 is 19.5 Å². The molecule has 0 heterocycles. The number of unbranched alkanes of at least 4 members (excludes halogenated alkanes) is 1. The van der Waals surface area contributed by atoms with Crippen LogP contribution in [-0.4, -0.2) is 31.5 Å². The number of allylic oxidation sites excluding steroid dienone is 1. The molecule has 5 nitrogen and oxygen atoms in total. The summed E-state index contributed by atoms with van der Waals surface area (Å²) in [7, 11) is 0. The minimum Gasteiger partial charge on any atom is -0.494 e. The van der Waals surface area contributed by atoms with Gasteiger partial charge in [-0.25, -0.2) is 4.79 Å². The average Bonchev–Trinajstić information content (AvgIpc) is 2.90. The Labute approximate surface area is 238 Å². The highest BCUT2D eigenvalue weighted by Gasteiger charge is 2.17. The molecule has 0 atom stereocenters. The fourth-order valence-corrected chi connectivity index (χ4v) is 4.40. The van der Waals surface area contributed by atoms with E-state index in [2.05, 4.69) is 43.4 Å². The lowest BCUT2D eigenvalue weighted by molar-refractivity contribution is 0.0520. The van der Waals surface area contributed by atoms with Gasteiger partial charge >= 0.3 is 6.09 Å². The number of halogens is 1. The summed E-state index contributed by atoms with van der Waals surface area (Å²) in [6, 6.07) is 24.3. The number of ether oxygens (including phenoxy) is 3. The van der Waals surface area contributed by atoms with E-state index in [-0.39, 0.29) is 0 Å². The van der Waals surface area contributed by atoms with Gasteiger partial charge in [0.05, 0.1) is 18.2 Å². The molecule has 0 aliphatic carbocycles. The Kier molecular flexibility index (Phi) is 11.3. The lowest BCUT2D eigenvalue weighted by Gasteiger charge is -2.20. The van der Waals surface area contributed by atoms with E-state index in [4.69, 9.17) is 25.8 Å². The molecular formula is C33H40ClNO4. The van der Waals surface area contributed by atoms with Crippen LogP contribution in [0, 0.1) is 0 Å². The molecule has 0 saturated heterocycles. The van der Waals surface area contributed by atoms with E-state index >= 15 is 0 Å². The number of hydrogen-bond donors (Lipinski definition) is 1. The van der Waals surface area contributed by atoms with Crippen molar-refractivity contribution >= 4 is 28.8 Å². The molecule has 3 aromatic rings. The number of alkyl carbamates (subject to hydrolysis) is 1. The third-order valence-electron chi connectivity index (χ3n) is 5.94. The van der Waals surface area contributed by atoms with Gasteiger partial charge in [0.15, 0.2) is 0 Å². The molecule has 0 bridgehead atoms. The van der Waals surface area contributed by atoms with Crippen molar-refractivity contribution in [3.63, 3.8) is 0 Å². The molecule has 0 aliphatic heterocycles. The zero-order valence-corrected chi connectivity index (χ0v) is 24.4. The molecule has 0 fully saturated rings. The zero-order valence-electron chi connectivity index (χ0n) is 23.7. The molecule has 0 radical (unpaired) electrons. The maximum atomic E-state index is 11.8. The maximum Gasteiger partial charge on any atom is 0.407 e. The number of amides is 1. The summed E-state index contributed by atoms with van der Waals surface area (Å²) in [6.45, 7) is 11.1. The molecule has 0 unspecified atom stereocenters. The van der Waals surface area contributed by atoms with Crippen LogP contribution in [-0.2, 0) is 4.74 Å². The Balaban J connectivity index is 1.84. The monoisotopic (exact) mass is 549 g/mol. The highest BCUT2D eigenvalue weighted by atomic mass is 35.5. The average molecular weight is 550 g/mol. The Morgan fingerprint density at radius 3 is 2.13 bits per heavy atom. The van der Waals surface area contributed by atoms with Crippen molar-refractivity contribution in [1.82, 2.24) is 5.32 Å². The van der Waals surface area contributed by atoms with E-state index in [9.17, 15) is 4.79 Å². The van der Waals surface area contributed by atoms with Crippen molar-refractivity contribution in [2.75, 3.05) is 19.8 Å². The van der Waals surface area contributed by atoms with Crippen LogP contribution >= 0.6 is 11.6 Å².